The number of para-hydroxylation sites is 1. The number of rotatable bonds is 6. The zero-order valence-electron chi connectivity index (χ0n) is 15.0. The first-order valence-electron chi connectivity index (χ1n) is 9.23. The normalized spacial score (nSPS) is 18.0. The Morgan fingerprint density at radius 3 is 2.69 bits per heavy atom. The van der Waals surface area contributed by atoms with E-state index in [-0.39, 0.29) is 12.1 Å². The van der Waals surface area contributed by atoms with Gasteiger partial charge in [-0.05, 0) is 37.5 Å². The highest BCUT2D eigenvalue weighted by Gasteiger charge is 2.16. The standard InChI is InChI=1S/C21H24N4O/c1-15(16-8-3-2-4-9-16)23-21-24-19-12-6-5-11-18(19)20(25-21)22-14-17-10-7-13-26-17/h2-6,8-9,11-12,15,17H,7,10,13-14H2,1H3,(H2,22,23,24,25). The summed E-state index contributed by atoms with van der Waals surface area (Å²) in [5.41, 5.74) is 2.14. The molecule has 1 aromatic heterocycles. The summed E-state index contributed by atoms with van der Waals surface area (Å²) < 4.78 is 5.72. The van der Waals surface area contributed by atoms with Crippen LogP contribution < -0.4 is 10.6 Å². The highest BCUT2D eigenvalue weighted by Crippen LogP contribution is 2.25. The van der Waals surface area contributed by atoms with Crippen molar-refractivity contribution in [2.24, 2.45) is 0 Å². The molecule has 1 aliphatic rings. The zero-order chi connectivity index (χ0) is 17.8. The second kappa shape index (κ2) is 7.70. The van der Waals surface area contributed by atoms with Gasteiger partial charge in [0.25, 0.3) is 0 Å². The van der Waals surface area contributed by atoms with Crippen molar-refractivity contribution in [2.45, 2.75) is 31.9 Å². The van der Waals surface area contributed by atoms with E-state index in [9.17, 15) is 0 Å². The first-order valence-corrected chi connectivity index (χ1v) is 9.23. The number of nitrogens with one attached hydrogen (secondary N) is 2. The van der Waals surface area contributed by atoms with E-state index in [0.29, 0.717) is 5.95 Å². The van der Waals surface area contributed by atoms with Crippen LogP contribution in [0.25, 0.3) is 10.9 Å². The molecule has 26 heavy (non-hydrogen) atoms. The Bertz CT molecular complexity index is 862. The lowest BCUT2D eigenvalue weighted by molar-refractivity contribution is 0.120. The maximum atomic E-state index is 5.72. The molecule has 2 heterocycles. The summed E-state index contributed by atoms with van der Waals surface area (Å²) in [6.07, 6.45) is 2.51. The van der Waals surface area contributed by atoms with Crippen LogP contribution in [0.3, 0.4) is 0 Å². The molecule has 1 aliphatic heterocycles. The van der Waals surface area contributed by atoms with Crippen molar-refractivity contribution in [1.82, 2.24) is 9.97 Å². The quantitative estimate of drug-likeness (QED) is 0.692. The van der Waals surface area contributed by atoms with Crippen LogP contribution in [-0.4, -0.2) is 29.2 Å². The molecule has 0 bridgehead atoms. The smallest absolute Gasteiger partial charge is 0.225 e. The van der Waals surface area contributed by atoms with Crippen LogP contribution in [0.1, 0.15) is 31.4 Å². The summed E-state index contributed by atoms with van der Waals surface area (Å²) in [4.78, 5) is 9.43. The minimum Gasteiger partial charge on any atom is -0.376 e. The predicted molar refractivity (Wildman–Crippen MR) is 105 cm³/mol. The largest absolute Gasteiger partial charge is 0.376 e. The predicted octanol–water partition coefficient (Wildman–Crippen LogP) is 4.39. The number of benzene rings is 2. The first-order chi connectivity index (χ1) is 12.8. The average molecular weight is 348 g/mol. The topological polar surface area (TPSA) is 59.1 Å². The Kier molecular flexibility index (Phi) is 4.97. The van der Waals surface area contributed by atoms with E-state index in [0.717, 1.165) is 42.7 Å². The number of nitrogens with zero attached hydrogens (tertiary/aromatic N) is 2. The Labute approximate surface area is 153 Å². The number of hydrogen-bond donors (Lipinski definition) is 2. The number of ether oxygens (including phenoxy) is 1. The maximum Gasteiger partial charge on any atom is 0.225 e. The second-order valence-corrected chi connectivity index (χ2v) is 6.71. The van der Waals surface area contributed by atoms with E-state index in [1.165, 1.54) is 5.56 Å². The van der Waals surface area contributed by atoms with E-state index in [1.54, 1.807) is 0 Å². The van der Waals surface area contributed by atoms with Crippen molar-refractivity contribution >= 4 is 22.7 Å². The fraction of sp³-hybridized carbons (Fsp3) is 0.333. The van der Waals surface area contributed by atoms with E-state index in [2.05, 4.69) is 40.7 Å². The van der Waals surface area contributed by atoms with Gasteiger partial charge in [0.2, 0.25) is 5.95 Å². The third kappa shape index (κ3) is 3.78. The van der Waals surface area contributed by atoms with Crippen LogP contribution in [0.15, 0.2) is 54.6 Å². The average Bonchev–Trinajstić information content (AvgIpc) is 3.20. The van der Waals surface area contributed by atoms with Gasteiger partial charge in [0.05, 0.1) is 17.7 Å². The molecular weight excluding hydrogens is 324 g/mol. The van der Waals surface area contributed by atoms with E-state index in [4.69, 9.17) is 9.72 Å². The van der Waals surface area contributed by atoms with Crippen LogP contribution in [0, 0.1) is 0 Å². The van der Waals surface area contributed by atoms with Crippen molar-refractivity contribution in [2.75, 3.05) is 23.8 Å². The highest BCUT2D eigenvalue weighted by atomic mass is 16.5. The minimum absolute atomic E-state index is 0.128. The SMILES string of the molecule is CC(Nc1nc(NCC2CCCO2)c2ccccc2n1)c1ccccc1. The number of anilines is 2. The molecule has 5 nitrogen and oxygen atoms in total. The molecular formula is C21H24N4O. The van der Waals surface area contributed by atoms with Crippen LogP contribution in [0.2, 0.25) is 0 Å². The zero-order valence-corrected chi connectivity index (χ0v) is 15.0. The number of hydrogen-bond acceptors (Lipinski definition) is 5. The lowest BCUT2D eigenvalue weighted by Gasteiger charge is -2.17. The summed E-state index contributed by atoms with van der Waals surface area (Å²) in [6.45, 7) is 3.75. The molecule has 0 aliphatic carbocycles. The van der Waals surface area contributed by atoms with Gasteiger partial charge in [-0.15, -0.1) is 0 Å². The van der Waals surface area contributed by atoms with Crippen molar-refractivity contribution < 1.29 is 4.74 Å². The Morgan fingerprint density at radius 1 is 1.08 bits per heavy atom. The molecule has 0 amide bonds. The van der Waals surface area contributed by atoms with Crippen LogP contribution in [-0.2, 0) is 4.74 Å². The molecule has 2 N–H and O–H groups in total. The Hall–Kier alpha value is -2.66. The van der Waals surface area contributed by atoms with Gasteiger partial charge in [-0.2, -0.15) is 4.98 Å². The van der Waals surface area contributed by atoms with Gasteiger partial charge >= 0.3 is 0 Å². The van der Waals surface area contributed by atoms with Crippen molar-refractivity contribution in [3.05, 3.63) is 60.2 Å². The van der Waals surface area contributed by atoms with Gasteiger partial charge in [0.15, 0.2) is 0 Å². The summed E-state index contributed by atoms with van der Waals surface area (Å²) in [7, 11) is 0. The number of fused-ring (bicyclic) bond motifs is 1. The number of aromatic nitrogens is 2. The molecule has 0 saturated carbocycles. The van der Waals surface area contributed by atoms with E-state index < -0.39 is 0 Å². The maximum absolute atomic E-state index is 5.72. The molecule has 0 spiro atoms. The molecule has 2 unspecified atom stereocenters. The van der Waals surface area contributed by atoms with Gasteiger partial charge in [-0.3, -0.25) is 0 Å². The molecule has 2 aromatic carbocycles. The van der Waals surface area contributed by atoms with Crippen LogP contribution >= 0.6 is 0 Å². The van der Waals surface area contributed by atoms with Gasteiger partial charge in [0.1, 0.15) is 5.82 Å². The van der Waals surface area contributed by atoms with Crippen LogP contribution in [0.4, 0.5) is 11.8 Å². The Balaban J connectivity index is 1.58. The second-order valence-electron chi connectivity index (χ2n) is 6.71. The van der Waals surface area contributed by atoms with Gasteiger partial charge in [-0.1, -0.05) is 42.5 Å². The minimum atomic E-state index is 0.128. The van der Waals surface area contributed by atoms with Crippen molar-refractivity contribution in [1.29, 1.82) is 0 Å². The van der Waals surface area contributed by atoms with Gasteiger partial charge in [-0.25, -0.2) is 4.98 Å². The molecule has 4 rings (SSSR count). The van der Waals surface area contributed by atoms with Crippen LogP contribution in [0.5, 0.6) is 0 Å². The highest BCUT2D eigenvalue weighted by molar-refractivity contribution is 5.90. The molecule has 3 aromatic rings. The van der Waals surface area contributed by atoms with E-state index >= 15 is 0 Å². The van der Waals surface area contributed by atoms with Crippen molar-refractivity contribution in [3.63, 3.8) is 0 Å². The molecule has 2 atom stereocenters. The molecule has 1 saturated heterocycles. The molecule has 5 heteroatoms. The monoisotopic (exact) mass is 348 g/mol. The third-order valence-corrected chi connectivity index (χ3v) is 4.77. The third-order valence-electron chi connectivity index (χ3n) is 4.77. The van der Waals surface area contributed by atoms with Gasteiger partial charge < -0.3 is 15.4 Å². The van der Waals surface area contributed by atoms with Gasteiger partial charge in [0, 0.05) is 18.5 Å². The summed E-state index contributed by atoms with van der Waals surface area (Å²) in [6, 6.07) is 18.5. The Morgan fingerprint density at radius 2 is 1.88 bits per heavy atom. The lowest BCUT2D eigenvalue weighted by atomic mass is 10.1. The first kappa shape index (κ1) is 16.8. The molecule has 1 fully saturated rings. The fourth-order valence-electron chi connectivity index (χ4n) is 3.31. The summed E-state index contributed by atoms with van der Waals surface area (Å²) >= 11 is 0. The molecule has 0 radical (unpaired) electrons. The van der Waals surface area contributed by atoms with Crippen molar-refractivity contribution in [3.8, 4) is 0 Å². The summed E-state index contributed by atoms with van der Waals surface area (Å²) in [5, 5.41) is 7.92. The lowest BCUT2D eigenvalue weighted by Crippen LogP contribution is -2.19. The fourth-order valence-corrected chi connectivity index (χ4v) is 3.31. The molecule has 134 valence electrons. The van der Waals surface area contributed by atoms with E-state index in [1.807, 2.05) is 36.4 Å². The summed E-state index contributed by atoms with van der Waals surface area (Å²) in [5.74, 6) is 1.49.